The minimum Gasteiger partial charge on any atom is -0.399 e. The van der Waals surface area contributed by atoms with Crippen molar-refractivity contribution in [2.24, 2.45) is 5.73 Å². The van der Waals surface area contributed by atoms with Gasteiger partial charge in [0.2, 0.25) is 0 Å². The predicted octanol–water partition coefficient (Wildman–Crippen LogP) is 0.969. The molecule has 0 aliphatic carbocycles. The second kappa shape index (κ2) is 4.31. The summed E-state index contributed by atoms with van der Waals surface area (Å²) in [4.78, 5) is 11.3. The molecule has 0 saturated carbocycles. The molecule has 5 N–H and O–H groups in total. The Kier molecular flexibility index (Phi) is 2.63. The summed E-state index contributed by atoms with van der Waals surface area (Å²) in [6.07, 6.45) is 2.39. The first-order chi connectivity index (χ1) is 9.16. The molecular weight excluding hydrogens is 242 g/mol. The number of fused-ring (bicyclic) bond motifs is 1. The molecule has 1 aliphatic rings. The molecule has 98 valence electrons. The number of nitrogens with one attached hydrogen (secondary N) is 1. The topological polar surface area (TPSA) is 99.0 Å². The third kappa shape index (κ3) is 1.91. The Morgan fingerprint density at radius 3 is 3.05 bits per heavy atom. The molecule has 6 heteroatoms. The van der Waals surface area contributed by atoms with Gasteiger partial charge in [-0.2, -0.15) is 5.10 Å². The van der Waals surface area contributed by atoms with Crippen molar-refractivity contribution in [3.05, 3.63) is 41.6 Å². The maximum absolute atomic E-state index is 11.3. The summed E-state index contributed by atoms with van der Waals surface area (Å²) < 4.78 is 1.80. The molecule has 1 aromatic heterocycles. The molecule has 19 heavy (non-hydrogen) atoms. The van der Waals surface area contributed by atoms with E-state index in [4.69, 9.17) is 11.5 Å². The van der Waals surface area contributed by atoms with Gasteiger partial charge in [0.25, 0.3) is 5.91 Å². The van der Waals surface area contributed by atoms with Gasteiger partial charge >= 0.3 is 0 Å². The Bertz CT molecular complexity index is 634. The Balaban J connectivity index is 2.06. The van der Waals surface area contributed by atoms with E-state index in [-0.39, 0.29) is 6.04 Å². The van der Waals surface area contributed by atoms with Gasteiger partial charge in [-0.1, -0.05) is 12.1 Å². The molecule has 1 unspecified atom stereocenters. The zero-order valence-corrected chi connectivity index (χ0v) is 10.3. The highest BCUT2D eigenvalue weighted by atomic mass is 16.1. The van der Waals surface area contributed by atoms with Crippen molar-refractivity contribution in [1.82, 2.24) is 9.78 Å². The third-order valence-corrected chi connectivity index (χ3v) is 3.36. The molecule has 3 rings (SSSR count). The molecule has 1 aliphatic heterocycles. The molecule has 0 radical (unpaired) electrons. The van der Waals surface area contributed by atoms with Gasteiger partial charge in [0.05, 0.1) is 12.2 Å². The summed E-state index contributed by atoms with van der Waals surface area (Å²) >= 11 is 0. The van der Waals surface area contributed by atoms with Gasteiger partial charge in [0.1, 0.15) is 11.4 Å². The van der Waals surface area contributed by atoms with E-state index in [1.54, 1.807) is 4.68 Å². The number of amides is 1. The smallest absolute Gasteiger partial charge is 0.254 e. The number of carbonyl (C=O) groups excluding carboxylic acids is 1. The second-order valence-electron chi connectivity index (χ2n) is 4.62. The number of hydrogen-bond donors (Lipinski definition) is 3. The van der Waals surface area contributed by atoms with E-state index in [0.717, 1.165) is 24.2 Å². The minimum atomic E-state index is -0.470. The number of hydrogen-bond acceptors (Lipinski definition) is 4. The van der Waals surface area contributed by atoms with Crippen molar-refractivity contribution in [3.8, 4) is 0 Å². The lowest BCUT2D eigenvalue weighted by molar-refractivity contribution is 0.100. The van der Waals surface area contributed by atoms with Crippen molar-refractivity contribution < 1.29 is 4.79 Å². The van der Waals surface area contributed by atoms with E-state index in [9.17, 15) is 4.79 Å². The number of nitrogen functional groups attached to an aromatic ring is 1. The highest BCUT2D eigenvalue weighted by Crippen LogP contribution is 2.31. The monoisotopic (exact) mass is 257 g/mol. The van der Waals surface area contributed by atoms with E-state index in [0.29, 0.717) is 11.4 Å². The first-order valence-electron chi connectivity index (χ1n) is 6.13. The molecule has 6 nitrogen and oxygen atoms in total. The lowest BCUT2D eigenvalue weighted by Gasteiger charge is -2.26. The quantitative estimate of drug-likeness (QED) is 0.698. The van der Waals surface area contributed by atoms with Crippen LogP contribution in [0, 0.1) is 0 Å². The number of nitrogens with zero attached hydrogens (tertiary/aromatic N) is 2. The fourth-order valence-electron chi connectivity index (χ4n) is 2.48. The molecular formula is C13H15N5O. The number of benzene rings is 1. The number of primary amides is 1. The summed E-state index contributed by atoms with van der Waals surface area (Å²) in [5.41, 5.74) is 13.4. The molecule has 0 saturated heterocycles. The number of carbonyl (C=O) groups is 1. The fraction of sp³-hybridized carbons (Fsp3) is 0.231. The van der Waals surface area contributed by atoms with Crippen LogP contribution >= 0.6 is 0 Å². The maximum atomic E-state index is 11.3. The zero-order valence-electron chi connectivity index (χ0n) is 10.3. The summed E-state index contributed by atoms with van der Waals surface area (Å²) in [7, 11) is 0. The van der Waals surface area contributed by atoms with E-state index in [2.05, 4.69) is 10.4 Å². The first kappa shape index (κ1) is 11.6. The molecule has 0 spiro atoms. The standard InChI is InChI=1S/C13H15N5O/c14-9-3-1-2-8(6-9)11-4-5-16-13-10(12(15)19)7-17-18(11)13/h1-3,6-7,11,16H,4-5,14H2,(H2,15,19). The summed E-state index contributed by atoms with van der Waals surface area (Å²) in [6, 6.07) is 7.80. The molecule has 2 heterocycles. The van der Waals surface area contributed by atoms with Gasteiger partial charge in [-0.3, -0.25) is 4.79 Å². The average Bonchev–Trinajstić information content (AvgIpc) is 2.82. The fourth-order valence-corrected chi connectivity index (χ4v) is 2.48. The highest BCUT2D eigenvalue weighted by molar-refractivity contribution is 5.97. The van der Waals surface area contributed by atoms with Gasteiger partial charge in [-0.25, -0.2) is 4.68 Å². The first-order valence-corrected chi connectivity index (χ1v) is 6.13. The van der Waals surface area contributed by atoms with Gasteiger partial charge in [-0.05, 0) is 24.1 Å². The summed E-state index contributed by atoms with van der Waals surface area (Å²) in [5, 5.41) is 7.45. The van der Waals surface area contributed by atoms with Crippen LogP contribution in [0.3, 0.4) is 0 Å². The normalized spacial score (nSPS) is 17.6. The lowest BCUT2D eigenvalue weighted by atomic mass is 10.0. The Hall–Kier alpha value is -2.50. The van der Waals surface area contributed by atoms with Crippen LogP contribution in [0.1, 0.15) is 28.4 Å². The maximum Gasteiger partial charge on any atom is 0.254 e. The molecule has 1 aromatic carbocycles. The van der Waals surface area contributed by atoms with E-state index in [1.807, 2.05) is 24.3 Å². The van der Waals surface area contributed by atoms with Gasteiger partial charge in [0.15, 0.2) is 0 Å². The summed E-state index contributed by atoms with van der Waals surface area (Å²) in [6.45, 7) is 0.769. The van der Waals surface area contributed by atoms with Crippen molar-refractivity contribution >= 4 is 17.4 Å². The Morgan fingerprint density at radius 1 is 1.47 bits per heavy atom. The van der Waals surface area contributed by atoms with Crippen LogP contribution in [0.4, 0.5) is 11.5 Å². The third-order valence-electron chi connectivity index (χ3n) is 3.36. The van der Waals surface area contributed by atoms with Crippen molar-refractivity contribution in [2.45, 2.75) is 12.5 Å². The van der Waals surface area contributed by atoms with Gasteiger partial charge < -0.3 is 16.8 Å². The molecule has 2 aromatic rings. The van der Waals surface area contributed by atoms with Gasteiger partial charge in [0, 0.05) is 12.2 Å². The Morgan fingerprint density at radius 2 is 2.32 bits per heavy atom. The Labute approximate surface area is 110 Å². The number of nitrogens with two attached hydrogens (primary N) is 2. The molecule has 1 amide bonds. The molecule has 0 fully saturated rings. The van der Waals surface area contributed by atoms with Crippen LogP contribution < -0.4 is 16.8 Å². The van der Waals surface area contributed by atoms with Crippen LogP contribution in [0.2, 0.25) is 0 Å². The van der Waals surface area contributed by atoms with E-state index in [1.165, 1.54) is 6.20 Å². The largest absolute Gasteiger partial charge is 0.399 e. The molecule has 0 bridgehead atoms. The van der Waals surface area contributed by atoms with Crippen LogP contribution in [-0.2, 0) is 0 Å². The summed E-state index contributed by atoms with van der Waals surface area (Å²) in [5.74, 6) is 0.216. The van der Waals surface area contributed by atoms with Crippen LogP contribution in [0.15, 0.2) is 30.5 Å². The zero-order chi connectivity index (χ0) is 13.4. The van der Waals surface area contributed by atoms with Crippen molar-refractivity contribution in [2.75, 3.05) is 17.6 Å². The minimum absolute atomic E-state index is 0.0767. The van der Waals surface area contributed by atoms with E-state index < -0.39 is 5.91 Å². The van der Waals surface area contributed by atoms with Crippen LogP contribution in [-0.4, -0.2) is 22.2 Å². The number of rotatable bonds is 2. The predicted molar refractivity (Wildman–Crippen MR) is 72.8 cm³/mol. The lowest BCUT2D eigenvalue weighted by Crippen LogP contribution is -2.26. The highest BCUT2D eigenvalue weighted by Gasteiger charge is 2.26. The molecule has 1 atom stereocenters. The van der Waals surface area contributed by atoms with Crippen LogP contribution in [0.25, 0.3) is 0 Å². The van der Waals surface area contributed by atoms with Crippen molar-refractivity contribution in [1.29, 1.82) is 0 Å². The van der Waals surface area contributed by atoms with Gasteiger partial charge in [-0.15, -0.1) is 0 Å². The van der Waals surface area contributed by atoms with Crippen molar-refractivity contribution in [3.63, 3.8) is 0 Å². The second-order valence-corrected chi connectivity index (χ2v) is 4.62. The number of aromatic nitrogens is 2. The SMILES string of the molecule is NC(=O)c1cnn2c1NCCC2c1cccc(N)c1. The average molecular weight is 257 g/mol. The van der Waals surface area contributed by atoms with Crippen LogP contribution in [0.5, 0.6) is 0 Å². The van der Waals surface area contributed by atoms with E-state index >= 15 is 0 Å². The number of anilines is 2.